The third-order valence-corrected chi connectivity index (χ3v) is 4.67. The second-order valence-electron chi connectivity index (χ2n) is 7.33. The fraction of sp³-hybridized carbons (Fsp3) is 0.667. The second kappa shape index (κ2) is 5.11. The van der Waals surface area contributed by atoms with E-state index in [-0.39, 0.29) is 17.2 Å². The highest BCUT2D eigenvalue weighted by molar-refractivity contribution is 7.13. The van der Waals surface area contributed by atoms with E-state index in [0.717, 1.165) is 5.46 Å². The molecule has 1 aliphatic rings. The highest BCUT2D eigenvalue weighted by Crippen LogP contribution is 2.36. The number of rotatable bonds is 2. The van der Waals surface area contributed by atoms with Gasteiger partial charge >= 0.3 is 13.1 Å². The average Bonchev–Trinajstić information content (AvgIpc) is 2.80. The van der Waals surface area contributed by atoms with Gasteiger partial charge in [0.25, 0.3) is 0 Å². The van der Waals surface area contributed by atoms with Crippen LogP contribution in [0.15, 0.2) is 11.4 Å². The van der Waals surface area contributed by atoms with Gasteiger partial charge in [0.15, 0.2) is 0 Å². The number of ether oxygens (including phenoxy) is 1. The summed E-state index contributed by atoms with van der Waals surface area (Å²) in [4.78, 5) is 12.6. The summed E-state index contributed by atoms with van der Waals surface area (Å²) in [6, 6.07) is 1.79. The Balaban J connectivity index is 2.13. The lowest BCUT2D eigenvalue weighted by atomic mass is 9.81. The minimum atomic E-state index is -0.494. The predicted octanol–water partition coefficient (Wildman–Crippen LogP) is 3.00. The molecule has 0 N–H and O–H groups in total. The molecule has 116 valence electrons. The van der Waals surface area contributed by atoms with Gasteiger partial charge in [-0.15, -0.1) is 11.3 Å². The van der Waals surface area contributed by atoms with Crippen LogP contribution in [-0.2, 0) is 14.0 Å². The van der Waals surface area contributed by atoms with E-state index in [2.05, 4.69) is 0 Å². The van der Waals surface area contributed by atoms with E-state index in [1.54, 1.807) is 6.07 Å². The van der Waals surface area contributed by atoms with Crippen molar-refractivity contribution in [3.8, 4) is 0 Å². The largest absolute Gasteiger partial charge is 0.495 e. The second-order valence-corrected chi connectivity index (χ2v) is 8.25. The molecule has 0 amide bonds. The van der Waals surface area contributed by atoms with Gasteiger partial charge in [-0.3, -0.25) is 0 Å². The van der Waals surface area contributed by atoms with Crippen LogP contribution < -0.4 is 5.46 Å². The maximum Gasteiger partial charge on any atom is 0.495 e. The van der Waals surface area contributed by atoms with Gasteiger partial charge in [-0.25, -0.2) is 4.79 Å². The highest BCUT2D eigenvalue weighted by Gasteiger charge is 2.52. The molecule has 4 nitrogen and oxygen atoms in total. The molecule has 2 heterocycles. The molecule has 1 saturated heterocycles. The number of carbonyl (C=O) groups is 1. The Labute approximate surface area is 130 Å². The van der Waals surface area contributed by atoms with Crippen molar-refractivity contribution in [1.82, 2.24) is 0 Å². The van der Waals surface area contributed by atoms with E-state index >= 15 is 0 Å². The van der Waals surface area contributed by atoms with Crippen molar-refractivity contribution in [2.24, 2.45) is 0 Å². The zero-order valence-electron chi connectivity index (χ0n) is 13.8. The molecular formula is C15H23BO4S. The molecule has 0 aromatic carbocycles. The third kappa shape index (κ3) is 3.50. The van der Waals surface area contributed by atoms with Crippen LogP contribution in [0.25, 0.3) is 0 Å². The zero-order valence-corrected chi connectivity index (χ0v) is 14.6. The lowest BCUT2D eigenvalue weighted by Crippen LogP contribution is -2.41. The summed E-state index contributed by atoms with van der Waals surface area (Å²) in [5.74, 6) is -0.310. The summed E-state index contributed by atoms with van der Waals surface area (Å²) in [6.45, 7) is 13.6. The average molecular weight is 310 g/mol. The molecule has 2 rings (SSSR count). The molecule has 0 unspecified atom stereocenters. The van der Waals surface area contributed by atoms with E-state index in [1.807, 2.05) is 53.8 Å². The van der Waals surface area contributed by atoms with Crippen LogP contribution >= 0.6 is 11.3 Å². The van der Waals surface area contributed by atoms with Gasteiger partial charge in [-0.05, 0) is 65.4 Å². The summed E-state index contributed by atoms with van der Waals surface area (Å²) in [7, 11) is -0.442. The number of esters is 1. The molecule has 0 aliphatic carbocycles. The molecule has 21 heavy (non-hydrogen) atoms. The van der Waals surface area contributed by atoms with Crippen molar-refractivity contribution >= 4 is 29.9 Å². The maximum atomic E-state index is 12.0. The quantitative estimate of drug-likeness (QED) is 0.622. The van der Waals surface area contributed by atoms with E-state index in [1.165, 1.54) is 11.3 Å². The van der Waals surface area contributed by atoms with Crippen LogP contribution in [0.4, 0.5) is 0 Å². The fourth-order valence-corrected chi connectivity index (χ4v) is 2.67. The van der Waals surface area contributed by atoms with Gasteiger partial charge in [0.2, 0.25) is 0 Å². The minimum Gasteiger partial charge on any atom is -0.456 e. The Morgan fingerprint density at radius 1 is 1.19 bits per heavy atom. The summed E-state index contributed by atoms with van der Waals surface area (Å²) in [5, 5.41) is 1.89. The highest BCUT2D eigenvalue weighted by atomic mass is 32.1. The van der Waals surface area contributed by atoms with Crippen LogP contribution in [0.3, 0.4) is 0 Å². The normalized spacial score (nSPS) is 20.6. The van der Waals surface area contributed by atoms with Crippen molar-refractivity contribution < 1.29 is 18.8 Å². The van der Waals surface area contributed by atoms with Gasteiger partial charge in [0.1, 0.15) is 10.5 Å². The maximum absolute atomic E-state index is 12.0. The van der Waals surface area contributed by atoms with Gasteiger partial charge < -0.3 is 14.0 Å². The molecule has 1 aromatic rings. The molecule has 1 aromatic heterocycles. The lowest BCUT2D eigenvalue weighted by molar-refractivity contribution is 0.00578. The molecule has 0 spiro atoms. The molecule has 1 fully saturated rings. The first-order chi connectivity index (χ1) is 9.41. The Bertz CT molecular complexity index is 526. The predicted molar refractivity (Wildman–Crippen MR) is 85.2 cm³/mol. The van der Waals surface area contributed by atoms with Crippen molar-refractivity contribution in [3.05, 3.63) is 16.3 Å². The first-order valence-electron chi connectivity index (χ1n) is 7.09. The first kappa shape index (κ1) is 16.5. The van der Waals surface area contributed by atoms with Crippen molar-refractivity contribution in [3.63, 3.8) is 0 Å². The summed E-state index contributed by atoms with van der Waals surface area (Å²) < 4.78 is 17.3. The number of carbonyl (C=O) groups excluding carboxylic acids is 1. The van der Waals surface area contributed by atoms with Crippen molar-refractivity contribution in [1.29, 1.82) is 0 Å². The first-order valence-corrected chi connectivity index (χ1v) is 7.97. The topological polar surface area (TPSA) is 44.8 Å². The monoisotopic (exact) mass is 310 g/mol. The van der Waals surface area contributed by atoms with E-state index in [9.17, 15) is 4.79 Å². The molecule has 0 atom stereocenters. The SMILES string of the molecule is CC(C)(C)OC(=O)c1cc(B2OC(C)(C)C(C)(C)O2)cs1. The minimum absolute atomic E-state index is 0.310. The van der Waals surface area contributed by atoms with Gasteiger partial charge in [-0.2, -0.15) is 0 Å². The van der Waals surface area contributed by atoms with Gasteiger partial charge in [0.05, 0.1) is 11.2 Å². The third-order valence-electron chi connectivity index (χ3n) is 3.75. The summed E-state index contributed by atoms with van der Waals surface area (Å²) in [6.07, 6.45) is 0. The molecular weight excluding hydrogens is 287 g/mol. The lowest BCUT2D eigenvalue weighted by Gasteiger charge is -2.32. The van der Waals surface area contributed by atoms with Crippen LogP contribution in [-0.4, -0.2) is 29.9 Å². The standard InChI is InChI=1S/C15H23BO4S/c1-13(2,3)18-12(17)11-8-10(9-21-11)16-19-14(4,5)15(6,7)20-16/h8-9H,1-7H3. The Kier molecular flexibility index (Phi) is 4.02. The van der Waals surface area contributed by atoms with Crippen LogP contribution in [0, 0.1) is 0 Å². The van der Waals surface area contributed by atoms with Crippen LogP contribution in [0.2, 0.25) is 0 Å². The number of hydrogen-bond acceptors (Lipinski definition) is 5. The molecule has 6 heteroatoms. The van der Waals surface area contributed by atoms with E-state index in [0.29, 0.717) is 4.88 Å². The van der Waals surface area contributed by atoms with E-state index in [4.69, 9.17) is 14.0 Å². The summed E-state index contributed by atoms with van der Waals surface area (Å²) in [5.41, 5.74) is -0.400. The zero-order chi connectivity index (χ0) is 16.1. The fourth-order valence-electron chi connectivity index (χ4n) is 1.89. The van der Waals surface area contributed by atoms with E-state index < -0.39 is 12.7 Å². The molecule has 0 bridgehead atoms. The van der Waals surface area contributed by atoms with Crippen molar-refractivity contribution in [2.45, 2.75) is 65.3 Å². The molecule has 1 aliphatic heterocycles. The number of thiophene rings is 1. The van der Waals surface area contributed by atoms with Gasteiger partial charge in [-0.1, -0.05) is 0 Å². The Morgan fingerprint density at radius 3 is 2.19 bits per heavy atom. The van der Waals surface area contributed by atoms with Crippen LogP contribution in [0.5, 0.6) is 0 Å². The van der Waals surface area contributed by atoms with Crippen LogP contribution in [0.1, 0.15) is 58.1 Å². The number of hydrogen-bond donors (Lipinski definition) is 0. The smallest absolute Gasteiger partial charge is 0.456 e. The van der Waals surface area contributed by atoms with Gasteiger partial charge in [0, 0.05) is 0 Å². The summed E-state index contributed by atoms with van der Waals surface area (Å²) >= 11 is 1.35. The Morgan fingerprint density at radius 2 is 1.71 bits per heavy atom. The molecule has 0 radical (unpaired) electrons. The Hall–Kier alpha value is -0.845. The molecule has 0 saturated carbocycles. The van der Waals surface area contributed by atoms with Crippen molar-refractivity contribution in [2.75, 3.05) is 0 Å².